The number of anilines is 2. The second-order valence-electron chi connectivity index (χ2n) is 10.7. The van der Waals surface area contributed by atoms with Crippen LogP contribution in [-0.4, -0.2) is 71.2 Å². The highest BCUT2D eigenvalue weighted by Gasteiger charge is 2.35. The number of halogens is 2. The number of nitrogens with zero attached hydrogens (tertiary/aromatic N) is 3. The van der Waals surface area contributed by atoms with E-state index in [9.17, 15) is 19.2 Å². The number of aromatic nitrogens is 2. The van der Waals surface area contributed by atoms with Gasteiger partial charge in [0.2, 0.25) is 0 Å². The zero-order valence-corrected chi connectivity index (χ0v) is 25.3. The van der Waals surface area contributed by atoms with Crippen LogP contribution in [0.2, 0.25) is 10.0 Å². The summed E-state index contributed by atoms with van der Waals surface area (Å²) in [5.41, 5.74) is 3.33. The molecule has 2 aromatic carbocycles. The van der Waals surface area contributed by atoms with Crippen molar-refractivity contribution in [3.8, 4) is 0 Å². The van der Waals surface area contributed by atoms with Gasteiger partial charge in [0.25, 0.3) is 0 Å². The summed E-state index contributed by atoms with van der Waals surface area (Å²) < 4.78 is 0. The quantitative estimate of drug-likeness (QED) is 0.188. The van der Waals surface area contributed by atoms with Crippen LogP contribution < -0.4 is 10.6 Å². The Kier molecular flexibility index (Phi) is 8.27. The molecule has 0 amide bonds. The fourth-order valence-electron chi connectivity index (χ4n) is 5.71. The lowest BCUT2D eigenvalue weighted by molar-refractivity contribution is 0.0979. The molecule has 2 heterocycles. The van der Waals surface area contributed by atoms with Crippen molar-refractivity contribution >= 4 is 57.7 Å². The lowest BCUT2D eigenvalue weighted by Gasteiger charge is -2.22. The molecule has 2 aromatic heterocycles. The molecule has 222 valence electrons. The fourth-order valence-corrected chi connectivity index (χ4v) is 6.19. The Labute approximate surface area is 263 Å². The van der Waals surface area contributed by atoms with E-state index < -0.39 is 0 Å². The Morgan fingerprint density at radius 2 is 1.00 bits per heavy atom. The van der Waals surface area contributed by atoms with E-state index in [-0.39, 0.29) is 66.6 Å². The zero-order valence-electron chi connectivity index (χ0n) is 23.7. The van der Waals surface area contributed by atoms with Gasteiger partial charge in [-0.3, -0.25) is 29.1 Å². The first-order valence-corrected chi connectivity index (χ1v) is 14.9. The van der Waals surface area contributed by atoms with Gasteiger partial charge in [0.05, 0.1) is 43.4 Å². The van der Waals surface area contributed by atoms with Gasteiger partial charge in [0.15, 0.2) is 23.1 Å². The monoisotopic (exact) mass is 627 g/mol. The molecule has 2 aliphatic carbocycles. The van der Waals surface area contributed by atoms with E-state index in [4.69, 9.17) is 23.2 Å². The third-order valence-corrected chi connectivity index (χ3v) is 8.53. The van der Waals surface area contributed by atoms with E-state index in [0.717, 1.165) is 25.9 Å². The molecular formula is C33H27Cl2N5O4. The first-order chi connectivity index (χ1) is 21.3. The smallest absolute Gasteiger partial charge is 0.198 e. The van der Waals surface area contributed by atoms with Gasteiger partial charge in [-0.15, -0.1) is 0 Å². The summed E-state index contributed by atoms with van der Waals surface area (Å²) in [5.74, 6) is -1.11. The van der Waals surface area contributed by atoms with Gasteiger partial charge in [0.1, 0.15) is 0 Å². The van der Waals surface area contributed by atoms with Gasteiger partial charge in [-0.25, -0.2) is 0 Å². The van der Waals surface area contributed by atoms with E-state index >= 15 is 0 Å². The molecule has 0 unspecified atom stereocenters. The molecule has 0 saturated heterocycles. The van der Waals surface area contributed by atoms with Crippen LogP contribution in [0.4, 0.5) is 11.4 Å². The molecule has 0 saturated carbocycles. The topological polar surface area (TPSA) is 121 Å². The minimum Gasteiger partial charge on any atom is -0.384 e. The van der Waals surface area contributed by atoms with Crippen LogP contribution in [0.5, 0.6) is 0 Å². The average molecular weight is 629 g/mol. The van der Waals surface area contributed by atoms with E-state index in [1.165, 1.54) is 24.8 Å². The minimum atomic E-state index is -0.282. The van der Waals surface area contributed by atoms with Gasteiger partial charge < -0.3 is 15.5 Å². The van der Waals surface area contributed by atoms with Gasteiger partial charge in [-0.1, -0.05) is 23.2 Å². The van der Waals surface area contributed by atoms with Crippen LogP contribution >= 0.6 is 23.2 Å². The predicted molar refractivity (Wildman–Crippen MR) is 169 cm³/mol. The van der Waals surface area contributed by atoms with E-state index in [1.807, 2.05) is 7.05 Å². The van der Waals surface area contributed by atoms with Crippen molar-refractivity contribution in [3.05, 3.63) is 116 Å². The zero-order chi connectivity index (χ0) is 31.0. The molecule has 0 atom stereocenters. The maximum Gasteiger partial charge on any atom is 0.198 e. The molecular weight excluding hydrogens is 601 g/mol. The molecule has 11 heteroatoms. The van der Waals surface area contributed by atoms with E-state index in [2.05, 4.69) is 25.5 Å². The minimum absolute atomic E-state index is 0.221. The molecule has 0 bridgehead atoms. The Morgan fingerprint density at radius 1 is 0.591 bits per heavy atom. The Morgan fingerprint density at radius 3 is 1.43 bits per heavy atom. The Bertz CT molecular complexity index is 1730. The molecule has 2 aliphatic rings. The fraction of sp³-hybridized carbons (Fsp3) is 0.212. The van der Waals surface area contributed by atoms with Crippen molar-refractivity contribution in [2.75, 3.05) is 43.9 Å². The molecule has 44 heavy (non-hydrogen) atoms. The number of benzene rings is 2. The Hall–Kier alpha value is -4.44. The third kappa shape index (κ3) is 5.27. The number of carbonyl (C=O) groups excluding carboxylic acids is 4. The second kappa shape index (κ2) is 12.3. The van der Waals surface area contributed by atoms with Crippen molar-refractivity contribution in [2.24, 2.45) is 0 Å². The van der Waals surface area contributed by atoms with Crippen LogP contribution in [0.3, 0.4) is 0 Å². The number of ketones is 4. The average Bonchev–Trinajstić information content (AvgIpc) is 3.03. The summed E-state index contributed by atoms with van der Waals surface area (Å²) in [7, 11) is 2.02. The number of hydrogen-bond donors (Lipinski definition) is 2. The normalized spacial score (nSPS) is 13.4. The number of rotatable bonds is 10. The lowest BCUT2D eigenvalue weighted by atomic mass is 9.84. The maximum atomic E-state index is 13.3. The number of hydrogen-bond acceptors (Lipinski definition) is 9. The summed E-state index contributed by atoms with van der Waals surface area (Å²) in [6.45, 7) is 2.74. The molecule has 0 aliphatic heterocycles. The first-order valence-electron chi connectivity index (χ1n) is 14.2. The van der Waals surface area contributed by atoms with Crippen molar-refractivity contribution in [3.63, 3.8) is 0 Å². The Balaban J connectivity index is 1.02. The first kappa shape index (κ1) is 29.6. The largest absolute Gasteiger partial charge is 0.384 e. The summed E-state index contributed by atoms with van der Waals surface area (Å²) in [5, 5.41) is 7.11. The highest BCUT2D eigenvalue weighted by Crippen LogP contribution is 2.37. The molecule has 0 spiro atoms. The van der Waals surface area contributed by atoms with Gasteiger partial charge in [0, 0.05) is 60.4 Å². The highest BCUT2D eigenvalue weighted by atomic mass is 35.5. The highest BCUT2D eigenvalue weighted by molar-refractivity contribution is 6.40. The summed E-state index contributed by atoms with van der Waals surface area (Å²) >= 11 is 12.7. The lowest BCUT2D eigenvalue weighted by Crippen LogP contribution is -2.26. The van der Waals surface area contributed by atoms with Crippen LogP contribution in [-0.2, 0) is 0 Å². The van der Waals surface area contributed by atoms with Crippen molar-refractivity contribution < 1.29 is 19.2 Å². The second-order valence-corrected chi connectivity index (χ2v) is 11.5. The summed E-state index contributed by atoms with van der Waals surface area (Å²) in [6, 6.07) is 9.81. The number of fused-ring (bicyclic) bond motifs is 4. The van der Waals surface area contributed by atoms with Crippen molar-refractivity contribution in [1.82, 2.24) is 14.9 Å². The summed E-state index contributed by atoms with van der Waals surface area (Å²) in [4.78, 5) is 62.9. The number of nitrogens with one attached hydrogen (secondary N) is 2. The molecule has 2 N–H and O–H groups in total. The van der Waals surface area contributed by atoms with Crippen molar-refractivity contribution in [1.29, 1.82) is 0 Å². The van der Waals surface area contributed by atoms with Gasteiger partial charge in [-0.2, -0.15) is 0 Å². The molecule has 0 fully saturated rings. The van der Waals surface area contributed by atoms with Crippen LogP contribution in [0.15, 0.2) is 61.2 Å². The summed E-state index contributed by atoms with van der Waals surface area (Å²) in [6.07, 6.45) is 7.39. The molecule has 6 rings (SSSR count). The number of pyridine rings is 2. The molecule has 4 aromatic rings. The molecule has 0 radical (unpaired) electrons. The van der Waals surface area contributed by atoms with E-state index in [1.54, 1.807) is 36.4 Å². The molecule has 9 nitrogen and oxygen atoms in total. The maximum absolute atomic E-state index is 13.3. The third-order valence-electron chi connectivity index (χ3n) is 7.90. The SMILES string of the molecule is CN(CCCNc1ccc(Cl)c2c1C(=O)c1cnccc1C2=O)CCCNc1ccc(Cl)c2c1C(=O)c1cnccc1C2=O. The van der Waals surface area contributed by atoms with Crippen LogP contribution in [0.1, 0.15) is 76.5 Å². The number of carbonyl (C=O) groups is 4. The van der Waals surface area contributed by atoms with Crippen LogP contribution in [0, 0.1) is 0 Å². The van der Waals surface area contributed by atoms with E-state index in [0.29, 0.717) is 35.6 Å². The standard InChI is InChI=1S/C33H27Cl2N5O4/c1-40(14-2-10-38-24-6-4-22(34)26-28(24)32(43)20-16-36-12-8-18(20)30(26)41)15-3-11-39-25-7-5-23(35)27-29(25)33(44)21-17-37-13-9-19(21)31(27)42/h4-9,12-13,16-17,38-39H,2-3,10-11,14-15H2,1H3. The van der Waals surface area contributed by atoms with Gasteiger partial charge in [-0.05, 0) is 69.4 Å². The van der Waals surface area contributed by atoms with Crippen molar-refractivity contribution in [2.45, 2.75) is 12.8 Å². The predicted octanol–water partition coefficient (Wildman–Crippen LogP) is 5.57. The van der Waals surface area contributed by atoms with Gasteiger partial charge >= 0.3 is 0 Å². The van der Waals surface area contributed by atoms with Crippen LogP contribution in [0.25, 0.3) is 0 Å².